The lowest BCUT2D eigenvalue weighted by Gasteiger charge is -2.17. The fraction of sp³-hybridized carbons (Fsp3) is 0. The van der Waals surface area contributed by atoms with Gasteiger partial charge in [-0.2, -0.15) is 0 Å². The van der Waals surface area contributed by atoms with Crippen molar-refractivity contribution in [2.45, 2.75) is 0 Å². The van der Waals surface area contributed by atoms with E-state index in [0.717, 1.165) is 72.8 Å². The molecule has 0 aliphatic carbocycles. The van der Waals surface area contributed by atoms with Crippen LogP contribution in [-0.2, 0) is 0 Å². The van der Waals surface area contributed by atoms with E-state index in [1.165, 1.54) is 0 Å². The molecule has 54 heavy (non-hydrogen) atoms. The first kappa shape index (κ1) is 32.5. The fourth-order valence-electron chi connectivity index (χ4n) is 6.53. The van der Waals surface area contributed by atoms with Gasteiger partial charge in [-0.3, -0.25) is 4.98 Å². The van der Waals surface area contributed by atoms with Crippen LogP contribution in [0.4, 0.5) is 0 Å². The van der Waals surface area contributed by atoms with Crippen LogP contribution in [0.2, 0.25) is 0 Å². The van der Waals surface area contributed by atoms with Gasteiger partial charge < -0.3 is 0 Å². The minimum atomic E-state index is 0.575. The van der Waals surface area contributed by atoms with Crippen molar-refractivity contribution in [2.24, 2.45) is 0 Å². The number of rotatable bonds is 8. The molecular formula is C48H32N6. The lowest BCUT2D eigenvalue weighted by atomic mass is 9.97. The second-order valence-corrected chi connectivity index (χ2v) is 12.8. The smallest absolute Gasteiger partial charge is 0.164 e. The molecule has 0 aliphatic rings. The Morgan fingerprint density at radius 3 is 1.09 bits per heavy atom. The highest BCUT2D eigenvalue weighted by Crippen LogP contribution is 2.38. The van der Waals surface area contributed by atoms with Crippen molar-refractivity contribution in [3.63, 3.8) is 0 Å². The van der Waals surface area contributed by atoms with Crippen LogP contribution in [0.25, 0.3) is 90.3 Å². The van der Waals surface area contributed by atoms with E-state index >= 15 is 0 Å². The quantitative estimate of drug-likeness (QED) is 0.158. The molecule has 0 fully saturated rings. The van der Waals surface area contributed by atoms with Crippen molar-refractivity contribution >= 4 is 0 Å². The molecule has 3 aromatic heterocycles. The van der Waals surface area contributed by atoms with Crippen LogP contribution < -0.4 is 0 Å². The highest BCUT2D eigenvalue weighted by atomic mass is 15.0. The predicted octanol–water partition coefficient (Wildman–Crippen LogP) is 11.4. The topological polar surface area (TPSA) is 77.3 Å². The van der Waals surface area contributed by atoms with E-state index in [2.05, 4.69) is 71.7 Å². The molecule has 0 spiro atoms. The van der Waals surface area contributed by atoms with Gasteiger partial charge in [0.05, 0.1) is 22.8 Å². The SMILES string of the molecule is c1ccc(-c2nc(-c3ccccc3)nc(-c3cccc(-c4nc(-c5ccc(-c6cccnc6)cc5)c(-c5ccccc5)nc4-c4ccccc4)c3)n2)cc1. The molecule has 254 valence electrons. The normalized spacial score (nSPS) is 11.0. The molecule has 0 atom stereocenters. The van der Waals surface area contributed by atoms with Gasteiger partial charge in [0.1, 0.15) is 0 Å². The van der Waals surface area contributed by atoms with E-state index in [-0.39, 0.29) is 0 Å². The van der Waals surface area contributed by atoms with E-state index < -0.39 is 0 Å². The Hall–Kier alpha value is -7.44. The van der Waals surface area contributed by atoms with Crippen molar-refractivity contribution < 1.29 is 0 Å². The van der Waals surface area contributed by atoms with Crippen LogP contribution in [0.1, 0.15) is 0 Å². The maximum Gasteiger partial charge on any atom is 0.164 e. The van der Waals surface area contributed by atoms with Gasteiger partial charge in [-0.15, -0.1) is 0 Å². The second-order valence-electron chi connectivity index (χ2n) is 12.8. The molecule has 6 aromatic carbocycles. The summed E-state index contributed by atoms with van der Waals surface area (Å²) in [5.74, 6) is 1.80. The molecular weight excluding hydrogens is 661 g/mol. The number of hydrogen-bond donors (Lipinski definition) is 0. The number of aromatic nitrogens is 6. The maximum atomic E-state index is 5.51. The standard InChI is InChI=1S/C48H32N6/c1-5-15-34(16-6-1)42-44(36-28-26-33(27-29-36)41-25-14-30-49-32-41)51-45(43(50-42)35-17-7-2-8-18-35)39-23-13-24-40(31-39)48-53-46(37-19-9-3-10-20-37)52-47(54-48)38-21-11-4-12-22-38/h1-32H. The van der Waals surface area contributed by atoms with Gasteiger partial charge in [-0.05, 0) is 23.3 Å². The fourth-order valence-corrected chi connectivity index (χ4v) is 6.53. The highest BCUT2D eigenvalue weighted by molar-refractivity contribution is 5.87. The Bertz CT molecular complexity index is 2610. The third-order valence-corrected chi connectivity index (χ3v) is 9.24. The molecule has 0 amide bonds. The summed E-state index contributed by atoms with van der Waals surface area (Å²) in [7, 11) is 0. The van der Waals surface area contributed by atoms with E-state index in [4.69, 9.17) is 24.9 Å². The van der Waals surface area contributed by atoms with Crippen molar-refractivity contribution in [1.29, 1.82) is 0 Å². The minimum absolute atomic E-state index is 0.575. The Labute approximate surface area is 313 Å². The maximum absolute atomic E-state index is 5.51. The van der Waals surface area contributed by atoms with Gasteiger partial charge in [0.15, 0.2) is 17.5 Å². The Balaban J connectivity index is 1.23. The minimum Gasteiger partial charge on any atom is -0.264 e. The Morgan fingerprint density at radius 1 is 0.241 bits per heavy atom. The molecule has 0 unspecified atom stereocenters. The largest absolute Gasteiger partial charge is 0.264 e. The number of pyridine rings is 1. The lowest BCUT2D eigenvalue weighted by molar-refractivity contribution is 1.07. The summed E-state index contributed by atoms with van der Waals surface area (Å²) in [5.41, 5.74) is 11.8. The summed E-state index contributed by atoms with van der Waals surface area (Å²) < 4.78 is 0. The van der Waals surface area contributed by atoms with Gasteiger partial charge in [-0.25, -0.2) is 24.9 Å². The van der Waals surface area contributed by atoms with Crippen molar-refractivity contribution in [3.8, 4) is 90.3 Å². The highest BCUT2D eigenvalue weighted by Gasteiger charge is 2.21. The number of benzene rings is 6. The van der Waals surface area contributed by atoms with Gasteiger partial charge in [0.2, 0.25) is 0 Å². The zero-order valence-corrected chi connectivity index (χ0v) is 29.2. The molecule has 3 heterocycles. The predicted molar refractivity (Wildman–Crippen MR) is 217 cm³/mol. The average Bonchev–Trinajstić information content (AvgIpc) is 3.27. The summed E-state index contributed by atoms with van der Waals surface area (Å²) in [5, 5.41) is 0. The summed E-state index contributed by atoms with van der Waals surface area (Å²) in [4.78, 5) is 30.2. The second kappa shape index (κ2) is 14.7. The zero-order valence-electron chi connectivity index (χ0n) is 29.2. The Kier molecular flexibility index (Phi) is 8.81. The van der Waals surface area contributed by atoms with E-state index in [0.29, 0.717) is 17.5 Å². The molecule has 0 saturated carbocycles. The summed E-state index contributed by atoms with van der Waals surface area (Å²) in [6.45, 7) is 0. The molecule has 0 aliphatic heterocycles. The van der Waals surface area contributed by atoms with Crippen molar-refractivity contribution in [3.05, 3.63) is 194 Å². The molecule has 0 N–H and O–H groups in total. The Morgan fingerprint density at radius 2 is 0.611 bits per heavy atom. The summed E-state index contributed by atoms with van der Waals surface area (Å²) in [6, 6.07) is 61.3. The monoisotopic (exact) mass is 692 g/mol. The number of nitrogens with zero attached hydrogens (tertiary/aromatic N) is 6. The third-order valence-electron chi connectivity index (χ3n) is 9.24. The van der Waals surface area contributed by atoms with Crippen molar-refractivity contribution in [2.75, 3.05) is 0 Å². The van der Waals surface area contributed by atoms with Gasteiger partial charge in [-0.1, -0.05) is 170 Å². The van der Waals surface area contributed by atoms with Gasteiger partial charge in [0.25, 0.3) is 0 Å². The summed E-state index contributed by atoms with van der Waals surface area (Å²) in [6.07, 6.45) is 3.66. The molecule has 6 heteroatoms. The third kappa shape index (κ3) is 6.67. The van der Waals surface area contributed by atoms with Crippen LogP contribution in [0.5, 0.6) is 0 Å². The molecule has 6 nitrogen and oxygen atoms in total. The average molecular weight is 693 g/mol. The van der Waals surface area contributed by atoms with Gasteiger partial charge in [0, 0.05) is 51.3 Å². The van der Waals surface area contributed by atoms with E-state index in [1.807, 2.05) is 121 Å². The van der Waals surface area contributed by atoms with Crippen LogP contribution in [0.15, 0.2) is 194 Å². The van der Waals surface area contributed by atoms with Crippen LogP contribution >= 0.6 is 0 Å². The molecule has 0 saturated heterocycles. The molecule has 0 bridgehead atoms. The number of hydrogen-bond acceptors (Lipinski definition) is 6. The molecule has 0 radical (unpaired) electrons. The van der Waals surface area contributed by atoms with Gasteiger partial charge >= 0.3 is 0 Å². The first-order valence-electron chi connectivity index (χ1n) is 17.8. The summed E-state index contributed by atoms with van der Waals surface area (Å²) >= 11 is 0. The molecule has 9 rings (SSSR count). The zero-order chi connectivity index (χ0) is 36.1. The van der Waals surface area contributed by atoms with Crippen molar-refractivity contribution in [1.82, 2.24) is 29.9 Å². The first-order chi connectivity index (χ1) is 26.8. The molecule has 9 aromatic rings. The van der Waals surface area contributed by atoms with Crippen LogP contribution in [0.3, 0.4) is 0 Å². The lowest BCUT2D eigenvalue weighted by Crippen LogP contribution is -2.02. The van der Waals surface area contributed by atoms with Crippen LogP contribution in [-0.4, -0.2) is 29.9 Å². The van der Waals surface area contributed by atoms with Crippen LogP contribution in [0, 0.1) is 0 Å². The van der Waals surface area contributed by atoms with E-state index in [9.17, 15) is 0 Å². The van der Waals surface area contributed by atoms with E-state index in [1.54, 1.807) is 6.20 Å². The first-order valence-corrected chi connectivity index (χ1v) is 17.8.